The number of aromatic nitrogens is 2. The Morgan fingerprint density at radius 3 is 2.79 bits per heavy atom. The molecule has 3 rings (SSSR count). The fourth-order valence-electron chi connectivity index (χ4n) is 2.33. The lowest BCUT2D eigenvalue weighted by Crippen LogP contribution is -2.19. The van der Waals surface area contributed by atoms with E-state index in [2.05, 4.69) is 25.5 Å². The summed E-state index contributed by atoms with van der Waals surface area (Å²) in [7, 11) is 0. The van der Waals surface area contributed by atoms with Crippen LogP contribution < -0.4 is 20.6 Å². The lowest BCUT2D eigenvalue weighted by atomic mass is 10.2. The average molecular weight is 399 g/mol. The summed E-state index contributed by atoms with van der Waals surface area (Å²) in [6.45, 7) is 2.30. The number of carbonyl (C=O) groups is 1. The number of carbonyl (C=O) groups excluding carboxylic acids is 1. The molecule has 150 valence electrons. The number of nitrogens with two attached hydrogens (primary N) is 1. The fourth-order valence-corrected chi connectivity index (χ4v) is 2.33. The van der Waals surface area contributed by atoms with Gasteiger partial charge >= 0.3 is 0 Å². The topological polar surface area (TPSA) is 125 Å². The second kappa shape index (κ2) is 9.31. The largest absolute Gasteiger partial charge is 0.490 e. The fraction of sp³-hybridized carbons (Fsp3) is 0.158. The van der Waals surface area contributed by atoms with E-state index >= 15 is 0 Å². The molecule has 0 radical (unpaired) electrons. The van der Waals surface area contributed by atoms with Crippen molar-refractivity contribution in [1.82, 2.24) is 15.7 Å². The van der Waals surface area contributed by atoms with Crippen molar-refractivity contribution < 1.29 is 23.3 Å². The number of nitrogen functional groups attached to an aromatic ring is 1. The van der Waals surface area contributed by atoms with Gasteiger partial charge in [-0.05, 0) is 47.1 Å². The van der Waals surface area contributed by atoms with Crippen molar-refractivity contribution in [2.24, 2.45) is 5.10 Å². The van der Waals surface area contributed by atoms with Crippen LogP contribution in [0.3, 0.4) is 0 Å². The molecule has 0 spiro atoms. The summed E-state index contributed by atoms with van der Waals surface area (Å²) >= 11 is 0. The molecule has 0 saturated carbocycles. The zero-order valence-electron chi connectivity index (χ0n) is 15.5. The van der Waals surface area contributed by atoms with Crippen molar-refractivity contribution in [3.63, 3.8) is 0 Å². The van der Waals surface area contributed by atoms with Crippen LogP contribution in [0, 0.1) is 5.82 Å². The minimum absolute atomic E-state index is 0.0589. The molecule has 3 N–H and O–H groups in total. The van der Waals surface area contributed by atoms with Crippen LogP contribution in [-0.4, -0.2) is 29.0 Å². The summed E-state index contributed by atoms with van der Waals surface area (Å²) in [4.78, 5) is 11.8. The summed E-state index contributed by atoms with van der Waals surface area (Å²) in [5.74, 6) is -0.211. The van der Waals surface area contributed by atoms with Crippen molar-refractivity contribution >= 4 is 17.9 Å². The first-order valence-electron chi connectivity index (χ1n) is 8.63. The van der Waals surface area contributed by atoms with Crippen molar-refractivity contribution in [3.8, 4) is 11.5 Å². The van der Waals surface area contributed by atoms with Crippen LogP contribution in [-0.2, 0) is 6.61 Å². The number of ether oxygens (including phenoxy) is 2. The Morgan fingerprint density at radius 2 is 2.07 bits per heavy atom. The molecule has 10 heteroatoms. The molecule has 0 aliphatic rings. The summed E-state index contributed by atoms with van der Waals surface area (Å²) in [5, 5.41) is 10.5. The van der Waals surface area contributed by atoms with Crippen molar-refractivity contribution in [3.05, 3.63) is 65.1 Å². The zero-order valence-corrected chi connectivity index (χ0v) is 15.5. The van der Waals surface area contributed by atoms with Gasteiger partial charge in [0.15, 0.2) is 11.5 Å². The van der Waals surface area contributed by atoms with Crippen LogP contribution in [0.25, 0.3) is 0 Å². The zero-order chi connectivity index (χ0) is 20.6. The van der Waals surface area contributed by atoms with E-state index in [1.165, 1.54) is 12.3 Å². The summed E-state index contributed by atoms with van der Waals surface area (Å²) in [5.41, 5.74) is 8.62. The van der Waals surface area contributed by atoms with Gasteiger partial charge in [0.25, 0.3) is 5.91 Å². The molecule has 3 aromatic rings. The molecule has 1 amide bonds. The highest BCUT2D eigenvalue weighted by atomic mass is 19.1. The van der Waals surface area contributed by atoms with Crippen molar-refractivity contribution in [2.75, 3.05) is 12.3 Å². The maximum absolute atomic E-state index is 13.8. The first-order chi connectivity index (χ1) is 14.1. The van der Waals surface area contributed by atoms with E-state index in [1.807, 2.05) is 6.92 Å². The van der Waals surface area contributed by atoms with Crippen LogP contribution >= 0.6 is 0 Å². The average Bonchev–Trinajstić information content (AvgIpc) is 3.14. The lowest BCUT2D eigenvalue weighted by Gasteiger charge is -2.13. The predicted molar refractivity (Wildman–Crippen MR) is 102 cm³/mol. The smallest absolute Gasteiger partial charge is 0.297 e. The number of nitrogens with one attached hydrogen (secondary N) is 1. The molecule has 0 unspecified atom stereocenters. The minimum Gasteiger partial charge on any atom is -0.490 e. The highest BCUT2D eigenvalue weighted by Crippen LogP contribution is 2.29. The quantitative estimate of drug-likeness (QED) is 0.440. The first kappa shape index (κ1) is 19.8. The second-order valence-corrected chi connectivity index (χ2v) is 5.72. The van der Waals surface area contributed by atoms with Crippen LogP contribution in [0.1, 0.15) is 28.5 Å². The first-order valence-corrected chi connectivity index (χ1v) is 8.63. The Labute approximate surface area is 165 Å². The molecular weight excluding hydrogens is 381 g/mol. The molecule has 0 bridgehead atoms. The standard InChI is InChI=1S/C19H18FN5O4/c1-2-27-16-9-12(10-22-23-19(26)17-18(21)25-29-24-17)7-8-15(16)28-11-13-5-3-4-6-14(13)20/h3-10H,2,11H2,1H3,(H2,21,25)(H,23,26)/b22-10-. The van der Waals surface area contributed by atoms with E-state index in [9.17, 15) is 9.18 Å². The Hall–Kier alpha value is -3.95. The number of halogens is 1. The van der Waals surface area contributed by atoms with Gasteiger partial charge in [-0.25, -0.2) is 14.4 Å². The van der Waals surface area contributed by atoms with Gasteiger partial charge in [-0.2, -0.15) is 5.10 Å². The Kier molecular flexibility index (Phi) is 6.36. The minimum atomic E-state index is -0.658. The van der Waals surface area contributed by atoms with Crippen LogP contribution in [0.4, 0.5) is 10.2 Å². The predicted octanol–water partition coefficient (Wildman–Crippen LogP) is 2.53. The monoisotopic (exact) mass is 399 g/mol. The molecule has 1 heterocycles. The molecule has 2 aromatic carbocycles. The van der Waals surface area contributed by atoms with Gasteiger partial charge < -0.3 is 15.2 Å². The van der Waals surface area contributed by atoms with Crippen LogP contribution in [0.2, 0.25) is 0 Å². The van der Waals surface area contributed by atoms with Gasteiger partial charge in [0.2, 0.25) is 11.5 Å². The van der Waals surface area contributed by atoms with E-state index in [1.54, 1.807) is 36.4 Å². The van der Waals surface area contributed by atoms with E-state index in [0.717, 1.165) is 0 Å². The maximum Gasteiger partial charge on any atom is 0.297 e. The van der Waals surface area contributed by atoms with E-state index in [4.69, 9.17) is 15.2 Å². The summed E-state index contributed by atoms with van der Waals surface area (Å²) < 4.78 is 29.4. The molecule has 9 nitrogen and oxygen atoms in total. The highest BCUT2D eigenvalue weighted by molar-refractivity contribution is 5.96. The number of hydrogen-bond donors (Lipinski definition) is 2. The van der Waals surface area contributed by atoms with Gasteiger partial charge in [0.05, 0.1) is 12.8 Å². The van der Waals surface area contributed by atoms with Gasteiger partial charge in [0, 0.05) is 5.56 Å². The van der Waals surface area contributed by atoms with Gasteiger partial charge in [0.1, 0.15) is 12.4 Å². The molecule has 1 aromatic heterocycles. The van der Waals surface area contributed by atoms with Crippen LogP contribution in [0.5, 0.6) is 11.5 Å². The van der Waals surface area contributed by atoms with E-state index in [-0.39, 0.29) is 23.9 Å². The third-order valence-corrected chi connectivity index (χ3v) is 3.72. The highest BCUT2D eigenvalue weighted by Gasteiger charge is 2.15. The normalized spacial score (nSPS) is 10.8. The molecule has 0 aliphatic carbocycles. The Balaban J connectivity index is 1.67. The van der Waals surface area contributed by atoms with Gasteiger partial charge in [-0.1, -0.05) is 18.2 Å². The van der Waals surface area contributed by atoms with E-state index < -0.39 is 5.91 Å². The Morgan fingerprint density at radius 1 is 1.24 bits per heavy atom. The Bertz CT molecular complexity index is 1020. The van der Waals surface area contributed by atoms with E-state index in [0.29, 0.717) is 29.2 Å². The number of anilines is 1. The van der Waals surface area contributed by atoms with Crippen molar-refractivity contribution in [1.29, 1.82) is 0 Å². The summed E-state index contributed by atoms with van der Waals surface area (Å²) in [6.07, 6.45) is 1.41. The third-order valence-electron chi connectivity index (χ3n) is 3.72. The molecule has 0 fully saturated rings. The van der Waals surface area contributed by atoms with Crippen LogP contribution in [0.15, 0.2) is 52.2 Å². The number of rotatable bonds is 8. The number of benzene rings is 2. The summed E-state index contributed by atoms with van der Waals surface area (Å²) in [6, 6.07) is 11.4. The van der Waals surface area contributed by atoms with Crippen molar-refractivity contribution in [2.45, 2.75) is 13.5 Å². The number of hydrogen-bond acceptors (Lipinski definition) is 8. The number of amides is 1. The number of nitrogens with zero attached hydrogens (tertiary/aromatic N) is 3. The number of hydrazone groups is 1. The maximum atomic E-state index is 13.8. The molecule has 0 saturated heterocycles. The molecule has 0 atom stereocenters. The lowest BCUT2D eigenvalue weighted by molar-refractivity contribution is 0.0946. The third kappa shape index (κ3) is 5.06. The second-order valence-electron chi connectivity index (χ2n) is 5.72. The van der Waals surface area contributed by atoms with Gasteiger partial charge in [-0.15, -0.1) is 0 Å². The SMILES string of the molecule is CCOc1cc(/C=N\NC(=O)c2nonc2N)ccc1OCc1ccccc1F. The molecular formula is C19H18FN5O4. The molecule has 0 aliphatic heterocycles. The van der Waals surface area contributed by atoms with Gasteiger partial charge in [-0.3, -0.25) is 4.79 Å². The molecule has 29 heavy (non-hydrogen) atoms.